The fraction of sp³-hybridized carbons (Fsp3) is 0.261. The van der Waals surface area contributed by atoms with E-state index in [4.69, 9.17) is 4.98 Å². The number of fused-ring (bicyclic) bond motifs is 1. The SMILES string of the molecule is Brc1cnn2c(NCc3cccnc3)cc(N[C@H]3CCN(Cc4ccccc4)C3)nc12. The van der Waals surface area contributed by atoms with E-state index in [0.29, 0.717) is 12.6 Å². The van der Waals surface area contributed by atoms with Crippen molar-refractivity contribution in [1.82, 2.24) is 24.5 Å². The highest BCUT2D eigenvalue weighted by Gasteiger charge is 2.23. The van der Waals surface area contributed by atoms with Crippen molar-refractivity contribution < 1.29 is 0 Å². The third-order valence-electron chi connectivity index (χ3n) is 5.50. The lowest BCUT2D eigenvalue weighted by Crippen LogP contribution is -2.26. The number of aromatic nitrogens is 4. The Labute approximate surface area is 189 Å². The van der Waals surface area contributed by atoms with Crippen LogP contribution in [0.3, 0.4) is 0 Å². The number of anilines is 2. The normalized spacial score (nSPS) is 16.6. The van der Waals surface area contributed by atoms with E-state index >= 15 is 0 Å². The van der Waals surface area contributed by atoms with Crippen LogP contribution < -0.4 is 10.6 Å². The molecule has 4 aromatic rings. The molecular weight excluding hydrogens is 454 g/mol. The third-order valence-corrected chi connectivity index (χ3v) is 6.06. The van der Waals surface area contributed by atoms with E-state index in [1.54, 1.807) is 12.4 Å². The van der Waals surface area contributed by atoms with Gasteiger partial charge in [-0.15, -0.1) is 0 Å². The van der Waals surface area contributed by atoms with E-state index in [0.717, 1.165) is 53.4 Å². The molecule has 0 aliphatic carbocycles. The first kappa shape index (κ1) is 20.0. The molecule has 31 heavy (non-hydrogen) atoms. The Hall–Kier alpha value is -2.97. The van der Waals surface area contributed by atoms with E-state index < -0.39 is 0 Å². The number of halogens is 1. The van der Waals surface area contributed by atoms with E-state index in [-0.39, 0.29) is 0 Å². The summed E-state index contributed by atoms with van der Waals surface area (Å²) in [5.74, 6) is 1.75. The van der Waals surface area contributed by atoms with Crippen LogP contribution in [0.1, 0.15) is 17.5 Å². The Bertz CT molecular complexity index is 1150. The first-order valence-corrected chi connectivity index (χ1v) is 11.2. The quantitative estimate of drug-likeness (QED) is 0.415. The van der Waals surface area contributed by atoms with Gasteiger partial charge in [0.1, 0.15) is 11.6 Å². The van der Waals surface area contributed by atoms with Crippen molar-refractivity contribution in [2.45, 2.75) is 25.6 Å². The molecule has 1 saturated heterocycles. The van der Waals surface area contributed by atoms with Crippen LogP contribution in [0.25, 0.3) is 5.65 Å². The highest BCUT2D eigenvalue weighted by Crippen LogP contribution is 2.24. The molecule has 0 bridgehead atoms. The second-order valence-electron chi connectivity index (χ2n) is 7.82. The van der Waals surface area contributed by atoms with Crippen molar-refractivity contribution in [3.8, 4) is 0 Å². The monoisotopic (exact) mass is 477 g/mol. The minimum absolute atomic E-state index is 0.367. The lowest BCUT2D eigenvalue weighted by atomic mass is 10.2. The van der Waals surface area contributed by atoms with Crippen molar-refractivity contribution in [1.29, 1.82) is 0 Å². The van der Waals surface area contributed by atoms with Crippen molar-refractivity contribution in [3.05, 3.63) is 82.7 Å². The third kappa shape index (κ3) is 4.70. The largest absolute Gasteiger partial charge is 0.366 e. The maximum atomic E-state index is 4.79. The molecule has 4 heterocycles. The summed E-state index contributed by atoms with van der Waals surface area (Å²) in [6.45, 7) is 3.73. The molecule has 0 radical (unpaired) electrons. The van der Waals surface area contributed by atoms with Crippen LogP contribution in [0.15, 0.2) is 71.6 Å². The van der Waals surface area contributed by atoms with Gasteiger partial charge in [0.15, 0.2) is 5.65 Å². The molecule has 0 unspecified atom stereocenters. The molecule has 1 aliphatic heterocycles. The minimum atomic E-state index is 0.367. The number of nitrogens with one attached hydrogen (secondary N) is 2. The zero-order valence-electron chi connectivity index (χ0n) is 17.1. The summed E-state index contributed by atoms with van der Waals surface area (Å²) in [6.07, 6.45) is 6.52. The molecule has 1 aliphatic rings. The predicted octanol–water partition coefficient (Wildman–Crippen LogP) is 4.19. The molecule has 2 N–H and O–H groups in total. The molecule has 1 fully saturated rings. The van der Waals surface area contributed by atoms with Gasteiger partial charge in [-0.2, -0.15) is 9.61 Å². The summed E-state index contributed by atoms with van der Waals surface area (Å²) in [5, 5.41) is 11.6. The summed E-state index contributed by atoms with van der Waals surface area (Å²) in [7, 11) is 0. The smallest absolute Gasteiger partial charge is 0.173 e. The van der Waals surface area contributed by atoms with Gasteiger partial charge in [0, 0.05) is 50.7 Å². The zero-order valence-corrected chi connectivity index (χ0v) is 18.7. The first-order valence-electron chi connectivity index (χ1n) is 10.4. The number of hydrogen-bond donors (Lipinski definition) is 2. The van der Waals surface area contributed by atoms with Crippen molar-refractivity contribution in [2.24, 2.45) is 0 Å². The molecule has 0 saturated carbocycles. The second kappa shape index (κ2) is 9.03. The molecule has 0 spiro atoms. The van der Waals surface area contributed by atoms with E-state index in [2.05, 4.69) is 77.9 Å². The first-order chi connectivity index (χ1) is 15.2. The fourth-order valence-corrected chi connectivity index (χ4v) is 4.32. The number of hydrogen-bond acceptors (Lipinski definition) is 6. The van der Waals surface area contributed by atoms with Gasteiger partial charge in [-0.1, -0.05) is 36.4 Å². The van der Waals surface area contributed by atoms with E-state index in [1.807, 2.05) is 22.8 Å². The molecule has 8 heteroatoms. The van der Waals surface area contributed by atoms with E-state index in [1.165, 1.54) is 5.56 Å². The molecule has 1 aromatic carbocycles. The summed E-state index contributed by atoms with van der Waals surface area (Å²) in [4.78, 5) is 11.5. The Balaban J connectivity index is 1.30. The van der Waals surface area contributed by atoms with Crippen LogP contribution in [0.5, 0.6) is 0 Å². The summed E-state index contributed by atoms with van der Waals surface area (Å²) in [6, 6.07) is 17.0. The van der Waals surface area contributed by atoms with Crippen molar-refractivity contribution in [2.75, 3.05) is 23.7 Å². The Morgan fingerprint density at radius 1 is 1.06 bits per heavy atom. The maximum Gasteiger partial charge on any atom is 0.173 e. The number of nitrogens with zero attached hydrogens (tertiary/aromatic N) is 5. The highest BCUT2D eigenvalue weighted by atomic mass is 79.9. The van der Waals surface area contributed by atoms with Crippen LogP contribution in [0.2, 0.25) is 0 Å². The van der Waals surface area contributed by atoms with Gasteiger partial charge in [0.2, 0.25) is 0 Å². The standard InChI is InChI=1S/C23H24BrN7/c24-20-14-27-31-22(26-13-18-7-4-9-25-12-18)11-21(29-23(20)31)28-19-8-10-30(16-19)15-17-5-2-1-3-6-17/h1-7,9,11-12,14,19,26H,8,10,13,15-16H2,(H,28,29)/t19-/m0/s1. The van der Waals surface area contributed by atoms with Crippen LogP contribution in [-0.4, -0.2) is 43.6 Å². The Kier molecular flexibility index (Phi) is 5.82. The van der Waals surface area contributed by atoms with Crippen LogP contribution in [0.4, 0.5) is 11.6 Å². The number of benzene rings is 1. The van der Waals surface area contributed by atoms with Crippen LogP contribution >= 0.6 is 15.9 Å². The summed E-state index contributed by atoms with van der Waals surface area (Å²) >= 11 is 3.57. The average Bonchev–Trinajstić information content (AvgIpc) is 3.40. The molecule has 0 amide bonds. The van der Waals surface area contributed by atoms with E-state index in [9.17, 15) is 0 Å². The highest BCUT2D eigenvalue weighted by molar-refractivity contribution is 9.10. The minimum Gasteiger partial charge on any atom is -0.366 e. The van der Waals surface area contributed by atoms with Crippen LogP contribution in [-0.2, 0) is 13.1 Å². The van der Waals surface area contributed by atoms with Gasteiger partial charge in [-0.25, -0.2) is 4.98 Å². The zero-order chi connectivity index (χ0) is 21.0. The van der Waals surface area contributed by atoms with Gasteiger partial charge in [0.25, 0.3) is 0 Å². The summed E-state index contributed by atoms with van der Waals surface area (Å²) in [5.41, 5.74) is 3.26. The van der Waals surface area contributed by atoms with Gasteiger partial charge in [-0.05, 0) is 39.5 Å². The Morgan fingerprint density at radius 3 is 2.77 bits per heavy atom. The molecular formula is C23H24BrN7. The summed E-state index contributed by atoms with van der Waals surface area (Å²) < 4.78 is 2.69. The molecule has 5 rings (SSSR count). The topological polar surface area (TPSA) is 70.4 Å². The lowest BCUT2D eigenvalue weighted by Gasteiger charge is -2.18. The van der Waals surface area contributed by atoms with Crippen molar-refractivity contribution >= 4 is 33.2 Å². The van der Waals surface area contributed by atoms with Gasteiger partial charge < -0.3 is 10.6 Å². The average molecular weight is 478 g/mol. The maximum absolute atomic E-state index is 4.79. The number of rotatable bonds is 7. The van der Waals surface area contributed by atoms with Gasteiger partial charge in [-0.3, -0.25) is 9.88 Å². The van der Waals surface area contributed by atoms with Gasteiger partial charge in [0.05, 0.1) is 10.7 Å². The number of likely N-dealkylation sites (tertiary alicyclic amines) is 1. The molecule has 7 nitrogen and oxygen atoms in total. The lowest BCUT2D eigenvalue weighted by molar-refractivity contribution is 0.328. The Morgan fingerprint density at radius 2 is 1.94 bits per heavy atom. The molecule has 1 atom stereocenters. The predicted molar refractivity (Wildman–Crippen MR) is 126 cm³/mol. The van der Waals surface area contributed by atoms with Gasteiger partial charge >= 0.3 is 0 Å². The molecule has 3 aromatic heterocycles. The van der Waals surface area contributed by atoms with Crippen LogP contribution in [0, 0.1) is 0 Å². The number of pyridine rings is 1. The fourth-order valence-electron chi connectivity index (χ4n) is 3.98. The van der Waals surface area contributed by atoms with Crippen molar-refractivity contribution in [3.63, 3.8) is 0 Å². The second-order valence-corrected chi connectivity index (χ2v) is 8.67. The molecule has 158 valence electrons.